The summed E-state index contributed by atoms with van der Waals surface area (Å²) >= 11 is 2.02. The zero-order valence-corrected chi connectivity index (χ0v) is 25.2. The van der Waals surface area contributed by atoms with E-state index in [2.05, 4.69) is 19.2 Å². The van der Waals surface area contributed by atoms with Crippen molar-refractivity contribution in [2.45, 2.75) is 51.4 Å². The van der Waals surface area contributed by atoms with Crippen molar-refractivity contribution in [1.29, 1.82) is 0 Å². The van der Waals surface area contributed by atoms with Gasteiger partial charge >= 0.3 is 0 Å². The van der Waals surface area contributed by atoms with Crippen molar-refractivity contribution in [1.82, 2.24) is 10.2 Å². The number of aliphatic hydroxyl groups excluding tert-OH is 2. The Morgan fingerprint density at radius 1 is 1.23 bits per heavy atom. The lowest BCUT2D eigenvalue weighted by Crippen LogP contribution is -2.55. The number of halogens is 1. The zero-order valence-electron chi connectivity index (χ0n) is 23.0. The molecule has 3 N–H and O–H groups in total. The molecule has 3 atom stereocenters. The number of hydrogen-bond acceptors (Lipinski definition) is 7. The molecule has 0 heterocycles. The Kier molecular flexibility index (Phi) is 12.0. The number of aliphatic hydroxyl groups is 2. The van der Waals surface area contributed by atoms with Crippen LogP contribution in [-0.4, -0.2) is 78.3 Å². The molecule has 1 aliphatic rings. The van der Waals surface area contributed by atoms with E-state index in [1.54, 1.807) is 17.0 Å². The average molecular weight is 665 g/mol. The summed E-state index contributed by atoms with van der Waals surface area (Å²) in [4.78, 5) is 39.7. The van der Waals surface area contributed by atoms with Crippen molar-refractivity contribution in [2.24, 2.45) is 5.92 Å². The molecular weight excluding hydrogens is 627 g/mol. The second kappa shape index (κ2) is 15.2. The van der Waals surface area contributed by atoms with E-state index in [1.807, 2.05) is 52.9 Å². The van der Waals surface area contributed by atoms with Crippen molar-refractivity contribution in [3.63, 3.8) is 0 Å². The van der Waals surface area contributed by atoms with Crippen molar-refractivity contribution in [3.8, 4) is 11.5 Å². The minimum atomic E-state index is -1.16. The summed E-state index contributed by atoms with van der Waals surface area (Å²) in [6, 6.07) is 11.8. The Labute approximate surface area is 248 Å². The standard InChI is InChI=1S/C30H37IN2O7/c1-19(2)9-11-33(27(36)15-20-7-5-4-6-8-20)24-16-22(30(38)32-10-12-34)17-25(28(24)37)40-29-23(31)13-21(18-35)14-26(29)39-3/h4-8,13-14,17-19,24-25,28,34,37H,9-12,15-16H2,1-3H3,(H,32,38)/t24-,25+,28+/m1/s1. The first-order valence-electron chi connectivity index (χ1n) is 13.3. The molecule has 2 amide bonds. The Hall–Kier alpha value is -2.96. The zero-order chi connectivity index (χ0) is 29.2. The van der Waals surface area contributed by atoms with Crippen molar-refractivity contribution in [2.75, 3.05) is 26.8 Å². The maximum absolute atomic E-state index is 13.7. The molecule has 10 heteroatoms. The van der Waals surface area contributed by atoms with E-state index in [0.717, 1.165) is 5.56 Å². The third-order valence-electron chi connectivity index (χ3n) is 6.72. The monoisotopic (exact) mass is 664 g/mol. The van der Waals surface area contributed by atoms with E-state index < -0.39 is 24.2 Å². The van der Waals surface area contributed by atoms with Gasteiger partial charge in [-0.3, -0.25) is 14.4 Å². The number of rotatable bonds is 13. The van der Waals surface area contributed by atoms with E-state index >= 15 is 0 Å². The summed E-state index contributed by atoms with van der Waals surface area (Å²) < 4.78 is 12.3. The van der Waals surface area contributed by atoms with Gasteiger partial charge in [-0.1, -0.05) is 44.2 Å². The van der Waals surface area contributed by atoms with Crippen LogP contribution in [-0.2, 0) is 16.0 Å². The fourth-order valence-electron chi connectivity index (χ4n) is 4.58. The summed E-state index contributed by atoms with van der Waals surface area (Å²) in [6.45, 7) is 4.37. The van der Waals surface area contributed by atoms with E-state index in [9.17, 15) is 24.6 Å². The van der Waals surface area contributed by atoms with Crippen LogP contribution in [0.15, 0.2) is 54.1 Å². The number of methoxy groups -OCH3 is 1. The first-order valence-corrected chi connectivity index (χ1v) is 14.4. The number of nitrogens with one attached hydrogen (secondary N) is 1. The number of amides is 2. The van der Waals surface area contributed by atoms with Gasteiger partial charge in [-0.2, -0.15) is 0 Å². The summed E-state index contributed by atoms with van der Waals surface area (Å²) in [5.74, 6) is 0.366. The normalized spacial score (nSPS) is 18.6. The molecule has 2 aromatic carbocycles. The lowest BCUT2D eigenvalue weighted by molar-refractivity contribution is -0.138. The number of carbonyl (C=O) groups excluding carboxylic acids is 3. The van der Waals surface area contributed by atoms with Gasteiger partial charge in [0.1, 0.15) is 18.5 Å². The van der Waals surface area contributed by atoms with Crippen LogP contribution in [0.5, 0.6) is 11.5 Å². The number of ether oxygens (including phenoxy) is 2. The smallest absolute Gasteiger partial charge is 0.247 e. The highest BCUT2D eigenvalue weighted by atomic mass is 127. The van der Waals surface area contributed by atoms with Crippen LogP contribution < -0.4 is 14.8 Å². The first kappa shape index (κ1) is 31.6. The summed E-state index contributed by atoms with van der Waals surface area (Å²) in [5.41, 5.74) is 1.60. The second-order valence-corrected chi connectivity index (χ2v) is 11.3. The fourth-order valence-corrected chi connectivity index (χ4v) is 5.34. The minimum Gasteiger partial charge on any atom is -0.493 e. The van der Waals surface area contributed by atoms with Gasteiger partial charge < -0.3 is 29.9 Å². The van der Waals surface area contributed by atoms with Crippen LogP contribution in [0, 0.1) is 9.49 Å². The number of carbonyl (C=O) groups is 3. The maximum atomic E-state index is 13.7. The average Bonchev–Trinajstić information content (AvgIpc) is 2.94. The van der Waals surface area contributed by atoms with E-state index in [-0.39, 0.29) is 31.9 Å². The Morgan fingerprint density at radius 3 is 2.58 bits per heavy atom. The molecule has 0 bridgehead atoms. The first-order chi connectivity index (χ1) is 19.2. The van der Waals surface area contributed by atoms with E-state index in [0.29, 0.717) is 51.4 Å². The fraction of sp³-hybridized carbons (Fsp3) is 0.433. The second-order valence-electron chi connectivity index (χ2n) is 10.1. The molecule has 1 aliphatic carbocycles. The Balaban J connectivity index is 2.00. The molecule has 0 radical (unpaired) electrons. The lowest BCUT2D eigenvalue weighted by Gasteiger charge is -2.41. The lowest BCUT2D eigenvalue weighted by atomic mass is 9.87. The molecule has 0 saturated carbocycles. The third kappa shape index (κ3) is 8.28. The van der Waals surface area contributed by atoms with Gasteiger partial charge in [0.15, 0.2) is 11.5 Å². The number of hydrogen-bond donors (Lipinski definition) is 3. The molecule has 0 spiro atoms. The Bertz CT molecular complexity index is 1200. The predicted octanol–water partition coefficient (Wildman–Crippen LogP) is 3.15. The van der Waals surface area contributed by atoms with E-state index in [4.69, 9.17) is 9.47 Å². The van der Waals surface area contributed by atoms with Gasteiger partial charge in [-0.05, 0) is 58.7 Å². The highest BCUT2D eigenvalue weighted by Gasteiger charge is 2.40. The number of aldehydes is 1. The van der Waals surface area contributed by atoms with Crippen LogP contribution in [0.2, 0.25) is 0 Å². The van der Waals surface area contributed by atoms with Crippen LogP contribution in [0.25, 0.3) is 0 Å². The van der Waals surface area contributed by atoms with Gasteiger partial charge in [0.05, 0.1) is 29.7 Å². The summed E-state index contributed by atoms with van der Waals surface area (Å²) in [7, 11) is 1.45. The minimum absolute atomic E-state index is 0.0673. The van der Waals surface area contributed by atoms with Gasteiger partial charge in [-0.15, -0.1) is 0 Å². The molecular formula is C30H37IN2O7. The number of nitrogens with zero attached hydrogens (tertiary/aromatic N) is 1. The SMILES string of the molecule is COc1cc(C=O)cc(I)c1O[C@H]1C=C(C(=O)NCCO)C[C@@H](N(CCC(C)C)C(=O)Cc2ccccc2)[C@@H]1O. The van der Waals surface area contributed by atoms with Crippen molar-refractivity contribution in [3.05, 3.63) is 68.8 Å². The largest absolute Gasteiger partial charge is 0.493 e. The molecule has 0 unspecified atom stereocenters. The quantitative estimate of drug-likeness (QED) is 0.222. The maximum Gasteiger partial charge on any atom is 0.247 e. The van der Waals surface area contributed by atoms with Crippen molar-refractivity contribution < 1.29 is 34.1 Å². The van der Waals surface area contributed by atoms with Gasteiger partial charge in [-0.25, -0.2) is 0 Å². The number of benzene rings is 2. The van der Waals surface area contributed by atoms with Crippen LogP contribution >= 0.6 is 22.6 Å². The van der Waals surface area contributed by atoms with Crippen molar-refractivity contribution >= 4 is 40.7 Å². The van der Waals surface area contributed by atoms with Crippen LogP contribution in [0.4, 0.5) is 0 Å². The predicted molar refractivity (Wildman–Crippen MR) is 159 cm³/mol. The molecule has 0 fully saturated rings. The topological polar surface area (TPSA) is 125 Å². The molecule has 0 aromatic heterocycles. The van der Waals surface area contributed by atoms with Gasteiger partial charge in [0, 0.05) is 30.6 Å². The highest BCUT2D eigenvalue weighted by Crippen LogP contribution is 2.37. The Morgan fingerprint density at radius 2 is 1.95 bits per heavy atom. The molecule has 3 rings (SSSR count). The van der Waals surface area contributed by atoms with Gasteiger partial charge in [0.25, 0.3) is 0 Å². The van der Waals surface area contributed by atoms with E-state index in [1.165, 1.54) is 13.2 Å². The molecule has 2 aromatic rings. The molecule has 216 valence electrons. The molecule has 9 nitrogen and oxygen atoms in total. The van der Waals surface area contributed by atoms with Crippen LogP contribution in [0.3, 0.4) is 0 Å². The summed E-state index contributed by atoms with van der Waals surface area (Å²) in [5, 5.41) is 23.5. The molecule has 40 heavy (non-hydrogen) atoms. The van der Waals surface area contributed by atoms with Gasteiger partial charge in [0.2, 0.25) is 11.8 Å². The van der Waals surface area contributed by atoms with Crippen LogP contribution in [0.1, 0.15) is 42.6 Å². The molecule has 0 aliphatic heterocycles. The third-order valence-corrected chi connectivity index (χ3v) is 7.52. The highest BCUT2D eigenvalue weighted by molar-refractivity contribution is 14.1. The molecule has 0 saturated heterocycles. The summed E-state index contributed by atoms with van der Waals surface area (Å²) in [6.07, 6.45) is 1.09.